The molecule has 7 heteroatoms. The van der Waals surface area contributed by atoms with Crippen molar-refractivity contribution >= 4 is 17.7 Å². The lowest BCUT2D eigenvalue weighted by Crippen LogP contribution is -2.24. The lowest BCUT2D eigenvalue weighted by atomic mass is 10.1. The summed E-state index contributed by atoms with van der Waals surface area (Å²) >= 11 is 5.66. The quantitative estimate of drug-likeness (QED) is 0.803. The number of rotatable bonds is 3. The van der Waals surface area contributed by atoms with E-state index in [1.807, 2.05) is 30.3 Å². The smallest absolute Gasteiger partial charge is 0.416 e. The second kappa shape index (κ2) is 8.45. The highest BCUT2D eigenvalue weighted by Gasteiger charge is 2.30. The fourth-order valence-electron chi connectivity index (χ4n) is 1.86. The Hall–Kier alpha value is -2.65. The summed E-state index contributed by atoms with van der Waals surface area (Å²) in [5, 5.41) is 2.33. The Morgan fingerprint density at radius 2 is 1.88 bits per heavy atom. The number of ether oxygens (including phenoxy) is 1. The van der Waals surface area contributed by atoms with Crippen molar-refractivity contribution in [1.29, 1.82) is 0 Å². The number of alkyl carbamates (subject to hydrolysis) is 1. The maximum Gasteiger partial charge on any atom is 0.416 e. The van der Waals surface area contributed by atoms with Gasteiger partial charge in [0.15, 0.2) is 0 Å². The molecule has 0 aromatic heterocycles. The molecule has 0 bridgehead atoms. The standard InChI is InChI=1S/C18H13ClF3NO2/c19-16-10-14(9-15(11-16)18(20,21)22)7-4-8-23-17(24)25-12-13-5-2-1-3-6-13/h1-3,5-6,9-11H,8,12H2,(H,23,24). The first-order chi connectivity index (χ1) is 11.8. The summed E-state index contributed by atoms with van der Waals surface area (Å²) in [4.78, 5) is 11.5. The second-order valence-electron chi connectivity index (χ2n) is 4.94. The number of carbonyl (C=O) groups excluding carboxylic acids is 1. The van der Waals surface area contributed by atoms with Crippen molar-refractivity contribution < 1.29 is 22.7 Å². The molecule has 0 heterocycles. The zero-order valence-electron chi connectivity index (χ0n) is 12.9. The second-order valence-corrected chi connectivity index (χ2v) is 5.38. The first-order valence-corrected chi connectivity index (χ1v) is 7.53. The van der Waals surface area contributed by atoms with Crippen molar-refractivity contribution in [3.05, 3.63) is 70.2 Å². The minimum atomic E-state index is -4.50. The van der Waals surface area contributed by atoms with Gasteiger partial charge in [-0.15, -0.1) is 0 Å². The van der Waals surface area contributed by atoms with Crippen LogP contribution in [-0.2, 0) is 17.5 Å². The van der Waals surface area contributed by atoms with Gasteiger partial charge in [0.25, 0.3) is 0 Å². The van der Waals surface area contributed by atoms with E-state index in [0.717, 1.165) is 17.7 Å². The predicted molar refractivity (Wildman–Crippen MR) is 88.0 cm³/mol. The summed E-state index contributed by atoms with van der Waals surface area (Å²) in [6.07, 6.45) is -5.17. The van der Waals surface area contributed by atoms with Gasteiger partial charge in [-0.2, -0.15) is 13.2 Å². The fourth-order valence-corrected chi connectivity index (χ4v) is 2.10. The number of hydrogen-bond donors (Lipinski definition) is 1. The van der Waals surface area contributed by atoms with Crippen molar-refractivity contribution in [3.63, 3.8) is 0 Å². The number of halogens is 4. The molecule has 130 valence electrons. The molecule has 0 saturated carbocycles. The van der Waals surface area contributed by atoms with Gasteiger partial charge in [-0.05, 0) is 23.8 Å². The van der Waals surface area contributed by atoms with Crippen molar-refractivity contribution in [2.45, 2.75) is 12.8 Å². The van der Waals surface area contributed by atoms with Crippen LogP contribution in [0.1, 0.15) is 16.7 Å². The summed E-state index contributed by atoms with van der Waals surface area (Å²) in [6.45, 7) is 0.0465. The highest BCUT2D eigenvalue weighted by molar-refractivity contribution is 6.30. The monoisotopic (exact) mass is 367 g/mol. The molecule has 0 spiro atoms. The third kappa shape index (κ3) is 6.40. The molecule has 0 aliphatic carbocycles. The van der Waals surface area contributed by atoms with E-state index >= 15 is 0 Å². The van der Waals surface area contributed by atoms with E-state index in [1.54, 1.807) is 0 Å². The Bertz CT molecular complexity index is 795. The fraction of sp³-hybridized carbons (Fsp3) is 0.167. The van der Waals surface area contributed by atoms with Gasteiger partial charge in [0.05, 0.1) is 12.1 Å². The first kappa shape index (κ1) is 18.7. The lowest BCUT2D eigenvalue weighted by Gasteiger charge is -2.07. The molecular weight excluding hydrogens is 355 g/mol. The van der Waals surface area contributed by atoms with Crippen LogP contribution in [0.5, 0.6) is 0 Å². The maximum atomic E-state index is 12.7. The molecular formula is C18H13ClF3NO2. The summed E-state index contributed by atoms with van der Waals surface area (Å²) < 4.78 is 43.0. The number of benzene rings is 2. The average molecular weight is 368 g/mol. The van der Waals surface area contributed by atoms with E-state index < -0.39 is 17.8 Å². The van der Waals surface area contributed by atoms with Gasteiger partial charge in [-0.3, -0.25) is 0 Å². The molecule has 0 radical (unpaired) electrons. The Balaban J connectivity index is 1.86. The molecule has 25 heavy (non-hydrogen) atoms. The molecule has 1 amide bonds. The molecule has 2 aromatic rings. The minimum Gasteiger partial charge on any atom is -0.445 e. The number of amides is 1. The van der Waals surface area contributed by atoms with Crippen molar-refractivity contribution in [1.82, 2.24) is 5.32 Å². The van der Waals surface area contributed by atoms with Crippen LogP contribution in [0, 0.1) is 11.8 Å². The molecule has 0 saturated heterocycles. The number of nitrogens with one attached hydrogen (secondary N) is 1. The van der Waals surface area contributed by atoms with E-state index in [0.29, 0.717) is 0 Å². The average Bonchev–Trinajstić information content (AvgIpc) is 2.56. The van der Waals surface area contributed by atoms with Gasteiger partial charge in [0, 0.05) is 10.6 Å². The Labute approximate surface area is 147 Å². The highest BCUT2D eigenvalue weighted by Crippen LogP contribution is 2.31. The largest absolute Gasteiger partial charge is 0.445 e. The van der Waals surface area contributed by atoms with Gasteiger partial charge >= 0.3 is 12.3 Å². The molecule has 0 aliphatic rings. The molecule has 0 fully saturated rings. The van der Waals surface area contributed by atoms with Gasteiger partial charge in [-0.25, -0.2) is 4.79 Å². The predicted octanol–water partition coefficient (Wildman–Crippen LogP) is 4.64. The van der Waals surface area contributed by atoms with Gasteiger partial charge in [0.2, 0.25) is 0 Å². The summed E-state index contributed by atoms with van der Waals surface area (Å²) in [5.74, 6) is 5.07. The van der Waals surface area contributed by atoms with Crippen LogP contribution in [0.2, 0.25) is 5.02 Å². The Morgan fingerprint density at radius 1 is 1.16 bits per heavy atom. The molecule has 1 N–H and O–H groups in total. The van der Waals surface area contributed by atoms with E-state index in [1.165, 1.54) is 6.07 Å². The first-order valence-electron chi connectivity index (χ1n) is 7.16. The summed E-state index contributed by atoms with van der Waals surface area (Å²) in [6, 6.07) is 12.1. The van der Waals surface area contributed by atoms with Crippen LogP contribution in [0.15, 0.2) is 48.5 Å². The lowest BCUT2D eigenvalue weighted by molar-refractivity contribution is -0.137. The van der Waals surface area contributed by atoms with Crippen LogP contribution in [0.25, 0.3) is 0 Å². The van der Waals surface area contributed by atoms with Crippen LogP contribution in [-0.4, -0.2) is 12.6 Å². The molecule has 3 nitrogen and oxygen atoms in total. The third-order valence-corrected chi connectivity index (χ3v) is 3.21. The van der Waals surface area contributed by atoms with Crippen LogP contribution < -0.4 is 5.32 Å². The van der Waals surface area contributed by atoms with Crippen LogP contribution >= 0.6 is 11.6 Å². The van der Waals surface area contributed by atoms with Crippen molar-refractivity contribution in [2.75, 3.05) is 6.54 Å². The van der Waals surface area contributed by atoms with Crippen molar-refractivity contribution in [2.24, 2.45) is 0 Å². The molecule has 0 atom stereocenters. The zero-order valence-corrected chi connectivity index (χ0v) is 13.6. The van der Waals surface area contributed by atoms with Crippen molar-refractivity contribution in [3.8, 4) is 11.8 Å². The third-order valence-electron chi connectivity index (χ3n) is 2.99. The number of carbonyl (C=O) groups is 1. The highest BCUT2D eigenvalue weighted by atomic mass is 35.5. The van der Waals surface area contributed by atoms with E-state index in [9.17, 15) is 18.0 Å². The Morgan fingerprint density at radius 3 is 2.56 bits per heavy atom. The van der Waals surface area contributed by atoms with E-state index in [4.69, 9.17) is 16.3 Å². The molecule has 0 aliphatic heterocycles. The zero-order chi connectivity index (χ0) is 18.3. The van der Waals surface area contributed by atoms with E-state index in [-0.39, 0.29) is 23.7 Å². The SMILES string of the molecule is O=C(NCC#Cc1cc(Cl)cc(C(F)(F)F)c1)OCc1ccccc1. The Kier molecular flexibility index (Phi) is 6.31. The summed E-state index contributed by atoms with van der Waals surface area (Å²) in [5.41, 5.74) is 0.0705. The number of alkyl halides is 3. The number of hydrogen-bond acceptors (Lipinski definition) is 2. The normalized spacial score (nSPS) is 10.6. The van der Waals surface area contributed by atoms with Crippen LogP contribution in [0.3, 0.4) is 0 Å². The topological polar surface area (TPSA) is 38.3 Å². The van der Waals surface area contributed by atoms with Gasteiger partial charge in [-0.1, -0.05) is 53.8 Å². The van der Waals surface area contributed by atoms with E-state index in [2.05, 4.69) is 17.2 Å². The maximum absolute atomic E-state index is 12.7. The summed E-state index contributed by atoms with van der Waals surface area (Å²) in [7, 11) is 0. The molecule has 2 aromatic carbocycles. The molecule has 0 unspecified atom stereocenters. The minimum absolute atomic E-state index is 0.0608. The van der Waals surface area contributed by atoms with Crippen LogP contribution in [0.4, 0.5) is 18.0 Å². The molecule has 2 rings (SSSR count). The van der Waals surface area contributed by atoms with Gasteiger partial charge < -0.3 is 10.1 Å². The van der Waals surface area contributed by atoms with Gasteiger partial charge in [0.1, 0.15) is 6.61 Å².